The number of nitrogens with zero attached hydrogens (tertiary/aromatic N) is 1. The average molecular weight is 694 g/mol. The molecule has 2 aliphatic carbocycles. The first-order chi connectivity index (χ1) is 23.7. The molecule has 4 rings (SSSR count). The molecule has 9 heteroatoms. The number of hydrogen-bond acceptors (Lipinski definition) is 7. The molecule has 0 N–H and O–H groups in total. The van der Waals surface area contributed by atoms with E-state index in [4.69, 9.17) is 14.2 Å². The van der Waals surface area contributed by atoms with Crippen LogP contribution in [0.3, 0.4) is 0 Å². The van der Waals surface area contributed by atoms with Gasteiger partial charge in [0, 0.05) is 11.8 Å². The van der Waals surface area contributed by atoms with Gasteiger partial charge in [-0.25, -0.2) is 4.79 Å². The van der Waals surface area contributed by atoms with Crippen LogP contribution in [0.1, 0.15) is 124 Å². The number of allylic oxidation sites excluding steroid dienone is 3. The van der Waals surface area contributed by atoms with Gasteiger partial charge in [-0.15, -0.1) is 0 Å². The molecule has 0 heterocycles. The number of rotatable bonds is 20. The Bertz CT molecular complexity index is 1460. The minimum absolute atomic E-state index is 0.0303. The number of ether oxygens (including phenoxy) is 3. The Morgan fingerprint density at radius 3 is 2.20 bits per heavy atom. The first-order valence-corrected chi connectivity index (χ1v) is 21.3. The first-order valence-electron chi connectivity index (χ1n) is 18.4. The van der Waals surface area contributed by atoms with E-state index < -0.39 is 30.2 Å². The van der Waals surface area contributed by atoms with Crippen LogP contribution >= 0.6 is 7.26 Å². The second-order valence-corrected chi connectivity index (χ2v) is 18.9. The summed E-state index contributed by atoms with van der Waals surface area (Å²) in [4.78, 5) is 37.2. The fourth-order valence-electron chi connectivity index (χ4n) is 7.64. The molecule has 2 aromatic rings. The molecule has 0 amide bonds. The van der Waals surface area contributed by atoms with E-state index in [1.165, 1.54) is 79.8 Å². The van der Waals surface area contributed by atoms with Crippen molar-refractivity contribution in [2.24, 2.45) is 0 Å². The van der Waals surface area contributed by atoms with Gasteiger partial charge in [-0.05, 0) is 17.5 Å². The third-order valence-corrected chi connectivity index (χ3v) is 16.1. The maximum atomic E-state index is 13.0. The second kappa shape index (κ2) is 19.0. The minimum atomic E-state index is -1.43. The van der Waals surface area contributed by atoms with Gasteiger partial charge in [-0.2, -0.15) is 0 Å². The quantitative estimate of drug-likeness (QED) is 0.0447. The Morgan fingerprint density at radius 2 is 1.55 bits per heavy atom. The van der Waals surface area contributed by atoms with Crippen LogP contribution in [-0.2, 0) is 14.2 Å². The summed E-state index contributed by atoms with van der Waals surface area (Å²) in [7, 11) is -1.43. The van der Waals surface area contributed by atoms with Crippen LogP contribution in [0, 0.1) is 10.1 Å². The summed E-state index contributed by atoms with van der Waals surface area (Å²) in [6.07, 6.45) is 19.9. The third-order valence-electron chi connectivity index (χ3n) is 10.4. The van der Waals surface area contributed by atoms with E-state index in [0.717, 1.165) is 19.0 Å². The van der Waals surface area contributed by atoms with Gasteiger partial charge in [-0.3, -0.25) is 0 Å². The second-order valence-electron chi connectivity index (χ2n) is 13.9. The molecule has 2 aliphatic rings. The Hall–Kier alpha value is -3.51. The van der Waals surface area contributed by atoms with Gasteiger partial charge in [0.15, 0.2) is 0 Å². The topological polar surface area (TPSA) is 105 Å². The van der Waals surface area contributed by atoms with E-state index in [0.29, 0.717) is 18.1 Å². The summed E-state index contributed by atoms with van der Waals surface area (Å²) in [5.41, 5.74) is 3.99. The number of nitro benzene ring substituents is 1. The van der Waals surface area contributed by atoms with Gasteiger partial charge < -0.3 is 4.74 Å². The molecule has 0 radical (unpaired) electrons. The van der Waals surface area contributed by atoms with Gasteiger partial charge in [0.2, 0.25) is 0 Å². The molecule has 0 bridgehead atoms. The monoisotopic (exact) mass is 693 g/mol. The predicted octanol–water partition coefficient (Wildman–Crippen LogP) is 10.3. The zero-order valence-corrected chi connectivity index (χ0v) is 30.9. The molecule has 3 atom stereocenters. The summed E-state index contributed by atoms with van der Waals surface area (Å²) in [6.45, 7) is 8.90. The van der Waals surface area contributed by atoms with E-state index in [9.17, 15) is 19.7 Å². The molecule has 0 spiro atoms. The van der Waals surface area contributed by atoms with Crippen molar-refractivity contribution in [2.75, 3.05) is 44.5 Å². The zero-order valence-electron chi connectivity index (χ0n) is 29.9. The third kappa shape index (κ3) is 10.3. The fraction of sp³-hybridized carbons (Fsp3) is 0.550. The van der Waals surface area contributed by atoms with E-state index in [2.05, 4.69) is 45.1 Å². The number of carbonyl (C=O) groups is 2. The number of nitro groups is 1. The summed E-state index contributed by atoms with van der Waals surface area (Å²) >= 11 is 0. The molecular weight excluding hydrogens is 637 g/mol. The molecule has 0 saturated heterocycles. The van der Waals surface area contributed by atoms with E-state index in [1.54, 1.807) is 19.1 Å². The van der Waals surface area contributed by atoms with Crippen LogP contribution in [0.2, 0.25) is 0 Å². The van der Waals surface area contributed by atoms with Crippen LogP contribution in [0.25, 0.3) is 0 Å². The van der Waals surface area contributed by atoms with Crippen molar-refractivity contribution in [3.05, 3.63) is 98.6 Å². The van der Waals surface area contributed by atoms with Crippen LogP contribution < -0.4 is 0 Å². The Balaban J connectivity index is 1.30. The van der Waals surface area contributed by atoms with Crippen molar-refractivity contribution in [1.82, 2.24) is 0 Å². The molecule has 0 saturated carbocycles. The van der Waals surface area contributed by atoms with Gasteiger partial charge in [0.25, 0.3) is 0 Å². The van der Waals surface area contributed by atoms with Crippen LogP contribution in [0.5, 0.6) is 0 Å². The molecule has 0 aromatic heterocycles. The molecule has 8 nitrogen and oxygen atoms in total. The molecule has 0 aliphatic heterocycles. The Morgan fingerprint density at radius 1 is 0.898 bits per heavy atom. The number of hydrogen-bond donors (Lipinski definition) is 0. The molecule has 0 fully saturated rings. The van der Waals surface area contributed by atoms with Gasteiger partial charge in [-0.1, -0.05) is 48.1 Å². The predicted molar refractivity (Wildman–Crippen MR) is 200 cm³/mol. The van der Waals surface area contributed by atoms with Crippen LogP contribution in [0.4, 0.5) is 10.5 Å². The van der Waals surface area contributed by atoms with Crippen LogP contribution in [-0.4, -0.2) is 61.5 Å². The number of carbonyl (C=O) groups excluding carboxylic acids is 2. The number of unbranched alkanes of at least 4 members (excludes halogenated alkanes) is 3. The van der Waals surface area contributed by atoms with Crippen molar-refractivity contribution in [3.8, 4) is 0 Å². The number of esters is 1. The zero-order chi connectivity index (χ0) is 35.2. The first kappa shape index (κ1) is 38.3. The van der Waals surface area contributed by atoms with Crippen molar-refractivity contribution in [3.63, 3.8) is 0 Å². The molecule has 3 unspecified atom stereocenters. The Kier molecular flexibility index (Phi) is 14.9. The Labute approximate surface area is 293 Å². The molecule has 268 valence electrons. The maximum absolute atomic E-state index is 13.0. The van der Waals surface area contributed by atoms with Crippen molar-refractivity contribution in [2.45, 2.75) is 96.8 Å². The average Bonchev–Trinajstić information content (AvgIpc) is 3.44. The molecule has 49 heavy (non-hydrogen) atoms. The SMILES string of the molecule is CCCC[PH](CCCC)(CCCC)CCCOC(=O)c1ccc(C(C)COC(=O)OCC2C3=CC=CCC3c3ccccc32)c([N+](=O)[O-])c1. The number of fused-ring (bicyclic) bond motifs is 3. The van der Waals surface area contributed by atoms with Crippen molar-refractivity contribution in [1.29, 1.82) is 0 Å². The van der Waals surface area contributed by atoms with Gasteiger partial charge in [0.05, 0.1) is 0 Å². The van der Waals surface area contributed by atoms with Gasteiger partial charge >= 0.3 is 200 Å². The number of benzene rings is 2. The van der Waals surface area contributed by atoms with Gasteiger partial charge in [0.1, 0.15) is 6.61 Å². The molecule has 2 aromatic carbocycles. The standard InChI is InChI=1S/C40H56NO7P/c1-5-8-23-49(24-9-6-2,25-10-7-3)26-15-22-46-39(42)31-20-21-32(38(27-31)41(44)45)30(4)28-47-40(43)48-29-37-35-18-13-11-16-33(35)34-17-12-14-19-36(34)37/h11-14,16,18-21,27,30,34,37,49H,5-10,15,17,22-26,28-29H2,1-4H3. The van der Waals surface area contributed by atoms with Crippen molar-refractivity contribution >= 4 is 25.1 Å². The van der Waals surface area contributed by atoms with Crippen molar-refractivity contribution < 1.29 is 28.7 Å². The fourth-order valence-corrected chi connectivity index (χ4v) is 13.3. The summed E-state index contributed by atoms with van der Waals surface area (Å²) in [6, 6.07) is 12.6. The van der Waals surface area contributed by atoms with E-state index in [-0.39, 0.29) is 30.4 Å². The summed E-state index contributed by atoms with van der Waals surface area (Å²) in [5.74, 6) is -0.774. The normalized spacial score (nSPS) is 17.4. The molecular formula is C40H56NO7P. The van der Waals surface area contributed by atoms with E-state index in [1.807, 2.05) is 18.2 Å². The van der Waals surface area contributed by atoms with E-state index >= 15 is 0 Å². The van der Waals surface area contributed by atoms with Crippen LogP contribution in [0.15, 0.2) is 66.3 Å². The summed E-state index contributed by atoms with van der Waals surface area (Å²) < 4.78 is 16.6. The summed E-state index contributed by atoms with van der Waals surface area (Å²) in [5, 5.41) is 12.0.